The highest BCUT2D eigenvalue weighted by molar-refractivity contribution is 9.08. The number of aromatic nitrogens is 2. The molecule has 0 amide bonds. The van der Waals surface area contributed by atoms with Gasteiger partial charge in [0.1, 0.15) is 0 Å². The van der Waals surface area contributed by atoms with Crippen molar-refractivity contribution in [3.63, 3.8) is 0 Å². The van der Waals surface area contributed by atoms with E-state index in [0.29, 0.717) is 0 Å². The predicted octanol–water partition coefficient (Wildman–Crippen LogP) is 4.44. The molecule has 0 radical (unpaired) electrons. The molecule has 96 valence electrons. The van der Waals surface area contributed by atoms with Gasteiger partial charge in [-0.15, -0.1) is 0 Å². The molecule has 2 rings (SSSR count). The fourth-order valence-electron chi connectivity index (χ4n) is 1.59. The summed E-state index contributed by atoms with van der Waals surface area (Å²) in [5.74, 6) is 0. The molecule has 0 unspecified atom stereocenters. The minimum atomic E-state index is -4.49. The molecule has 0 aliphatic heterocycles. The van der Waals surface area contributed by atoms with E-state index in [9.17, 15) is 13.2 Å². The van der Waals surface area contributed by atoms with Gasteiger partial charge in [0.05, 0.1) is 16.9 Å². The number of nitrogens with zero attached hydrogens (tertiary/aromatic N) is 2. The van der Waals surface area contributed by atoms with E-state index in [1.165, 1.54) is 18.3 Å². The molecule has 0 bridgehead atoms. The quantitative estimate of drug-likeness (QED) is 0.740. The molecular formula is C11H7BrClF3N2. The Labute approximate surface area is 114 Å². The summed E-state index contributed by atoms with van der Waals surface area (Å²) in [6.07, 6.45) is -3.31. The maximum absolute atomic E-state index is 13.0. The van der Waals surface area contributed by atoms with Crippen molar-refractivity contribution in [3.05, 3.63) is 46.7 Å². The maximum atomic E-state index is 13.0. The van der Waals surface area contributed by atoms with Gasteiger partial charge < -0.3 is 0 Å². The molecule has 0 saturated heterocycles. The van der Waals surface area contributed by atoms with Crippen LogP contribution in [0.2, 0.25) is 5.02 Å². The summed E-state index contributed by atoms with van der Waals surface area (Å²) < 4.78 is 39.9. The number of rotatable bonds is 2. The lowest BCUT2D eigenvalue weighted by Gasteiger charge is -2.12. The smallest absolute Gasteiger partial charge is 0.227 e. The van der Waals surface area contributed by atoms with Crippen LogP contribution in [0.3, 0.4) is 0 Å². The minimum Gasteiger partial charge on any atom is -0.227 e. The van der Waals surface area contributed by atoms with E-state index in [-0.39, 0.29) is 21.6 Å². The van der Waals surface area contributed by atoms with Crippen LogP contribution in [0.15, 0.2) is 30.5 Å². The van der Waals surface area contributed by atoms with Crippen LogP contribution in [-0.2, 0) is 11.5 Å². The van der Waals surface area contributed by atoms with Crippen molar-refractivity contribution >= 4 is 27.5 Å². The molecule has 0 atom stereocenters. The van der Waals surface area contributed by atoms with Crippen LogP contribution >= 0.6 is 27.5 Å². The number of alkyl halides is 4. The zero-order chi connectivity index (χ0) is 13.3. The molecule has 1 aromatic heterocycles. The minimum absolute atomic E-state index is 0.0717. The molecule has 0 aliphatic carbocycles. The lowest BCUT2D eigenvalue weighted by molar-refractivity contribution is -0.143. The fraction of sp³-hybridized carbons (Fsp3) is 0.182. The normalized spacial score (nSPS) is 11.8. The number of hydrogen-bond acceptors (Lipinski definition) is 1. The van der Waals surface area contributed by atoms with Gasteiger partial charge >= 0.3 is 6.18 Å². The molecule has 0 fully saturated rings. The second-order valence-electron chi connectivity index (χ2n) is 3.51. The second-order valence-corrected chi connectivity index (χ2v) is 4.48. The Morgan fingerprint density at radius 3 is 2.50 bits per heavy atom. The fourth-order valence-corrected chi connectivity index (χ4v) is 2.21. The van der Waals surface area contributed by atoms with Crippen molar-refractivity contribution in [1.29, 1.82) is 0 Å². The maximum Gasteiger partial charge on any atom is 0.433 e. The zero-order valence-corrected chi connectivity index (χ0v) is 11.2. The van der Waals surface area contributed by atoms with E-state index in [0.717, 1.165) is 4.68 Å². The van der Waals surface area contributed by atoms with Gasteiger partial charge in [-0.1, -0.05) is 39.7 Å². The van der Waals surface area contributed by atoms with Crippen molar-refractivity contribution in [1.82, 2.24) is 9.78 Å². The molecule has 2 nitrogen and oxygen atoms in total. The van der Waals surface area contributed by atoms with E-state index >= 15 is 0 Å². The monoisotopic (exact) mass is 338 g/mol. The molecule has 1 aromatic carbocycles. The van der Waals surface area contributed by atoms with Crippen molar-refractivity contribution in [2.45, 2.75) is 11.5 Å². The molecule has 0 N–H and O–H groups in total. The van der Waals surface area contributed by atoms with Gasteiger partial charge in [0.2, 0.25) is 0 Å². The van der Waals surface area contributed by atoms with E-state index in [2.05, 4.69) is 21.0 Å². The zero-order valence-electron chi connectivity index (χ0n) is 8.88. The second kappa shape index (κ2) is 4.93. The molecule has 0 aliphatic rings. The van der Waals surface area contributed by atoms with Gasteiger partial charge in [0.25, 0.3) is 0 Å². The Hall–Kier alpha value is -1.01. The lowest BCUT2D eigenvalue weighted by Crippen LogP contribution is -2.15. The summed E-state index contributed by atoms with van der Waals surface area (Å²) in [6.45, 7) is 0. The predicted molar refractivity (Wildman–Crippen MR) is 66.2 cm³/mol. The molecule has 0 saturated carbocycles. The molecule has 1 heterocycles. The van der Waals surface area contributed by atoms with Crippen molar-refractivity contribution in [2.24, 2.45) is 0 Å². The average Bonchev–Trinajstić information content (AvgIpc) is 2.73. The van der Waals surface area contributed by atoms with Gasteiger partial charge in [-0.25, -0.2) is 4.68 Å². The number of halogens is 5. The Morgan fingerprint density at radius 2 is 1.94 bits per heavy atom. The SMILES string of the molecule is FC(F)(F)c1c(CBr)cnn1-c1ccccc1Cl. The van der Waals surface area contributed by atoms with E-state index in [1.807, 2.05) is 0 Å². The van der Waals surface area contributed by atoms with Crippen molar-refractivity contribution in [2.75, 3.05) is 0 Å². The summed E-state index contributed by atoms with van der Waals surface area (Å²) in [6, 6.07) is 6.26. The highest BCUT2D eigenvalue weighted by Crippen LogP contribution is 2.35. The summed E-state index contributed by atoms with van der Waals surface area (Å²) in [7, 11) is 0. The summed E-state index contributed by atoms with van der Waals surface area (Å²) in [4.78, 5) is 0. The van der Waals surface area contributed by atoms with Crippen LogP contribution in [0.4, 0.5) is 13.2 Å². The van der Waals surface area contributed by atoms with Crippen LogP contribution in [0.5, 0.6) is 0 Å². The van der Waals surface area contributed by atoms with Gasteiger partial charge in [0.15, 0.2) is 5.69 Å². The third kappa shape index (κ3) is 2.40. The van der Waals surface area contributed by atoms with Crippen LogP contribution in [-0.4, -0.2) is 9.78 Å². The first-order chi connectivity index (χ1) is 8.45. The Bertz CT molecular complexity index is 566. The van der Waals surface area contributed by atoms with Gasteiger partial charge in [-0.05, 0) is 12.1 Å². The van der Waals surface area contributed by atoms with Crippen LogP contribution < -0.4 is 0 Å². The lowest BCUT2D eigenvalue weighted by atomic mass is 10.2. The third-order valence-corrected chi connectivity index (χ3v) is 3.26. The summed E-state index contributed by atoms with van der Waals surface area (Å²) >= 11 is 8.91. The summed E-state index contributed by atoms with van der Waals surface area (Å²) in [5, 5.41) is 4.06. The van der Waals surface area contributed by atoms with E-state index < -0.39 is 11.9 Å². The Morgan fingerprint density at radius 1 is 1.28 bits per heavy atom. The molecule has 18 heavy (non-hydrogen) atoms. The van der Waals surface area contributed by atoms with Gasteiger partial charge in [-0.2, -0.15) is 18.3 Å². The first-order valence-corrected chi connectivity index (χ1v) is 6.40. The topological polar surface area (TPSA) is 17.8 Å². The molecule has 7 heteroatoms. The van der Waals surface area contributed by atoms with Gasteiger partial charge in [-0.3, -0.25) is 0 Å². The van der Waals surface area contributed by atoms with Crippen LogP contribution in [0.25, 0.3) is 5.69 Å². The van der Waals surface area contributed by atoms with E-state index in [1.54, 1.807) is 12.1 Å². The average molecular weight is 340 g/mol. The standard InChI is InChI=1S/C11H7BrClF3N2/c12-5-7-6-17-18(10(7)11(14,15)16)9-4-2-1-3-8(9)13/h1-4,6H,5H2. The highest BCUT2D eigenvalue weighted by Gasteiger charge is 2.38. The Balaban J connectivity index is 2.66. The molecule has 0 spiro atoms. The summed E-state index contributed by atoms with van der Waals surface area (Å²) in [5.41, 5.74) is -0.534. The highest BCUT2D eigenvalue weighted by atomic mass is 79.9. The largest absolute Gasteiger partial charge is 0.433 e. The third-order valence-electron chi connectivity index (χ3n) is 2.34. The first-order valence-electron chi connectivity index (χ1n) is 4.90. The number of para-hydroxylation sites is 1. The van der Waals surface area contributed by atoms with Crippen molar-refractivity contribution in [3.8, 4) is 5.69 Å². The van der Waals surface area contributed by atoms with E-state index in [4.69, 9.17) is 11.6 Å². The number of benzene rings is 1. The molecule has 2 aromatic rings. The first kappa shape index (κ1) is 13.4. The Kier molecular flexibility index (Phi) is 3.68. The van der Waals surface area contributed by atoms with Crippen molar-refractivity contribution < 1.29 is 13.2 Å². The van der Waals surface area contributed by atoms with Crippen LogP contribution in [0, 0.1) is 0 Å². The number of hydrogen-bond donors (Lipinski definition) is 0. The molecular weight excluding hydrogens is 332 g/mol. The van der Waals surface area contributed by atoms with Gasteiger partial charge in [0, 0.05) is 10.9 Å². The van der Waals surface area contributed by atoms with Crippen LogP contribution in [0.1, 0.15) is 11.3 Å².